The van der Waals surface area contributed by atoms with Gasteiger partial charge in [0.2, 0.25) is 0 Å². The maximum absolute atomic E-state index is 12.3. The zero-order chi connectivity index (χ0) is 9.91. The predicted molar refractivity (Wildman–Crippen MR) is 57.2 cm³/mol. The maximum atomic E-state index is 12.3. The maximum Gasteiger partial charge on any atom is 0.0462 e. The monoisotopic (exact) mass is 200 g/mol. The van der Waals surface area contributed by atoms with Crippen LogP contribution in [0.3, 0.4) is 0 Å². The minimum absolute atomic E-state index is 0.0260. The third-order valence-electron chi connectivity index (χ3n) is 4.78. The molecule has 0 N–H and O–H groups in total. The van der Waals surface area contributed by atoms with Crippen LogP contribution >= 0.6 is 0 Å². The summed E-state index contributed by atoms with van der Waals surface area (Å²) in [5, 5.41) is 0. The summed E-state index contributed by atoms with van der Waals surface area (Å²) in [5.74, 6) is 0. The van der Waals surface area contributed by atoms with E-state index in [1.807, 2.05) is 0 Å². The molecule has 0 amide bonds. The van der Waals surface area contributed by atoms with Gasteiger partial charge in [0.1, 0.15) is 0 Å². The van der Waals surface area contributed by atoms with Crippen LogP contribution in [0, 0.1) is 5.41 Å². The molecule has 1 atom stereocenters. The molecule has 0 spiro atoms. The van der Waals surface area contributed by atoms with E-state index in [9.17, 15) is 4.21 Å². The Morgan fingerprint density at radius 2 is 1.38 bits per heavy atom. The first kappa shape index (κ1) is 9.70. The lowest BCUT2D eigenvalue weighted by atomic mass is 9.64. The van der Waals surface area contributed by atoms with Crippen LogP contribution in [0.25, 0.3) is 0 Å². The van der Waals surface area contributed by atoms with E-state index in [-0.39, 0.29) is 9.49 Å². The highest BCUT2D eigenvalue weighted by Gasteiger charge is 2.59. The molecule has 2 bridgehead atoms. The summed E-state index contributed by atoms with van der Waals surface area (Å²) < 4.78 is 12.5. The lowest BCUT2D eigenvalue weighted by Crippen LogP contribution is -2.61. The highest BCUT2D eigenvalue weighted by molar-refractivity contribution is 7.88. The van der Waals surface area contributed by atoms with E-state index in [0.29, 0.717) is 5.41 Å². The van der Waals surface area contributed by atoms with Crippen LogP contribution in [-0.2, 0) is 10.8 Å². The summed E-state index contributed by atoms with van der Waals surface area (Å²) in [7, 11) is -0.644. The third-order valence-corrected chi connectivity index (χ3v) is 7.50. The Balaban J connectivity index is 2.47. The molecule has 76 valence electrons. The lowest BCUT2D eigenvalue weighted by Gasteiger charge is -2.59. The van der Waals surface area contributed by atoms with Crippen LogP contribution in [0.2, 0.25) is 0 Å². The Bertz CT molecular complexity index is 259. The van der Waals surface area contributed by atoms with Gasteiger partial charge in [-0.1, -0.05) is 6.92 Å². The molecule has 2 heteroatoms. The SMILES string of the molecule is CC12CCC(C)(CC1)C(C)(C)S2=O. The smallest absolute Gasteiger partial charge is 0.0462 e. The van der Waals surface area contributed by atoms with E-state index < -0.39 is 10.8 Å². The highest BCUT2D eigenvalue weighted by atomic mass is 32.2. The molecule has 1 saturated carbocycles. The van der Waals surface area contributed by atoms with E-state index in [1.54, 1.807) is 0 Å². The van der Waals surface area contributed by atoms with E-state index in [4.69, 9.17) is 0 Å². The van der Waals surface area contributed by atoms with Gasteiger partial charge in [0.15, 0.2) is 0 Å². The van der Waals surface area contributed by atoms with E-state index >= 15 is 0 Å². The van der Waals surface area contributed by atoms with Crippen molar-refractivity contribution in [3.05, 3.63) is 0 Å². The second-order valence-electron chi connectivity index (χ2n) is 5.79. The first-order valence-corrected chi connectivity index (χ1v) is 6.39. The van der Waals surface area contributed by atoms with Crippen molar-refractivity contribution < 1.29 is 4.21 Å². The Labute approximate surface area is 83.8 Å². The number of hydrogen-bond donors (Lipinski definition) is 0. The van der Waals surface area contributed by atoms with Crippen molar-refractivity contribution in [2.24, 2.45) is 5.41 Å². The fourth-order valence-electron chi connectivity index (χ4n) is 2.96. The van der Waals surface area contributed by atoms with Gasteiger partial charge in [-0.3, -0.25) is 4.21 Å². The minimum Gasteiger partial charge on any atom is -0.258 e. The van der Waals surface area contributed by atoms with Gasteiger partial charge in [-0.05, 0) is 51.9 Å². The molecule has 0 radical (unpaired) electrons. The van der Waals surface area contributed by atoms with Crippen molar-refractivity contribution in [2.75, 3.05) is 0 Å². The fraction of sp³-hybridized carbons (Fsp3) is 1.00. The molecule has 1 nitrogen and oxygen atoms in total. The zero-order valence-electron chi connectivity index (χ0n) is 9.14. The van der Waals surface area contributed by atoms with Crippen LogP contribution in [-0.4, -0.2) is 13.7 Å². The first-order valence-electron chi connectivity index (χ1n) is 5.24. The predicted octanol–water partition coefficient (Wildman–Crippen LogP) is 2.87. The summed E-state index contributed by atoms with van der Waals surface area (Å²) in [5.41, 5.74) is 0.329. The van der Waals surface area contributed by atoms with Crippen molar-refractivity contribution in [3.8, 4) is 0 Å². The summed E-state index contributed by atoms with van der Waals surface area (Å²) >= 11 is 0. The number of rotatable bonds is 0. The fourth-order valence-corrected chi connectivity index (χ4v) is 5.42. The summed E-state index contributed by atoms with van der Waals surface area (Å²) in [6.45, 7) is 8.92. The average Bonchev–Trinajstić information content (AvgIpc) is 2.07. The standard InChI is InChI=1S/C11H20OS/c1-9(2)10(3)5-7-11(4,8-6-10)13(9)12/h5-8H2,1-4H3. The molecule has 2 saturated heterocycles. The molecule has 0 aromatic rings. The average molecular weight is 200 g/mol. The molecule has 3 fully saturated rings. The Kier molecular flexibility index (Phi) is 1.78. The third kappa shape index (κ3) is 1.01. The second-order valence-corrected chi connectivity index (χ2v) is 8.33. The summed E-state index contributed by atoms with van der Waals surface area (Å²) in [6, 6.07) is 0. The Morgan fingerprint density at radius 1 is 0.923 bits per heavy atom. The molecule has 0 aromatic carbocycles. The van der Waals surface area contributed by atoms with Gasteiger partial charge in [0, 0.05) is 20.3 Å². The molecular formula is C11H20OS. The quantitative estimate of drug-likeness (QED) is 0.587. The van der Waals surface area contributed by atoms with Crippen LogP contribution in [0.5, 0.6) is 0 Å². The molecule has 2 heterocycles. The van der Waals surface area contributed by atoms with Crippen LogP contribution in [0.1, 0.15) is 53.4 Å². The van der Waals surface area contributed by atoms with E-state index in [2.05, 4.69) is 27.7 Å². The van der Waals surface area contributed by atoms with Gasteiger partial charge >= 0.3 is 0 Å². The highest BCUT2D eigenvalue weighted by Crippen LogP contribution is 2.59. The molecule has 3 aliphatic rings. The van der Waals surface area contributed by atoms with E-state index in [1.165, 1.54) is 25.7 Å². The van der Waals surface area contributed by atoms with Crippen LogP contribution < -0.4 is 0 Å². The van der Waals surface area contributed by atoms with Gasteiger partial charge in [0.05, 0.1) is 0 Å². The van der Waals surface area contributed by atoms with Crippen LogP contribution in [0.15, 0.2) is 0 Å². The van der Waals surface area contributed by atoms with Crippen molar-refractivity contribution >= 4 is 10.8 Å². The molecule has 2 aliphatic heterocycles. The minimum atomic E-state index is -0.644. The van der Waals surface area contributed by atoms with Gasteiger partial charge in [0.25, 0.3) is 0 Å². The molecule has 0 aromatic heterocycles. The van der Waals surface area contributed by atoms with Crippen molar-refractivity contribution in [3.63, 3.8) is 0 Å². The van der Waals surface area contributed by atoms with Gasteiger partial charge < -0.3 is 0 Å². The summed E-state index contributed by atoms with van der Waals surface area (Å²) in [4.78, 5) is 0. The Morgan fingerprint density at radius 3 is 1.77 bits per heavy atom. The van der Waals surface area contributed by atoms with Crippen molar-refractivity contribution in [1.82, 2.24) is 0 Å². The van der Waals surface area contributed by atoms with Crippen molar-refractivity contribution in [1.29, 1.82) is 0 Å². The Hall–Kier alpha value is 0.150. The zero-order valence-corrected chi connectivity index (χ0v) is 9.96. The normalized spacial score (nSPS) is 53.7. The second kappa shape index (κ2) is 2.39. The van der Waals surface area contributed by atoms with E-state index in [0.717, 1.165) is 0 Å². The molecule has 13 heavy (non-hydrogen) atoms. The summed E-state index contributed by atoms with van der Waals surface area (Å²) in [6.07, 6.45) is 4.86. The first-order chi connectivity index (χ1) is 5.82. The topological polar surface area (TPSA) is 17.1 Å². The van der Waals surface area contributed by atoms with Gasteiger partial charge in [-0.2, -0.15) is 0 Å². The number of hydrogen-bond acceptors (Lipinski definition) is 1. The van der Waals surface area contributed by atoms with Gasteiger partial charge in [-0.25, -0.2) is 0 Å². The molecular weight excluding hydrogens is 180 g/mol. The van der Waals surface area contributed by atoms with Gasteiger partial charge in [-0.15, -0.1) is 0 Å². The molecule has 3 rings (SSSR count). The number of fused-ring (bicyclic) bond motifs is 3. The molecule has 1 aliphatic carbocycles. The lowest BCUT2D eigenvalue weighted by molar-refractivity contribution is 0.117. The van der Waals surface area contributed by atoms with Crippen molar-refractivity contribution in [2.45, 2.75) is 62.9 Å². The largest absolute Gasteiger partial charge is 0.258 e. The van der Waals surface area contributed by atoms with Crippen LogP contribution in [0.4, 0.5) is 0 Å². The molecule has 1 unspecified atom stereocenters.